The quantitative estimate of drug-likeness (QED) is 0.919. The molecule has 1 heterocycles. The van der Waals surface area contributed by atoms with Crippen LogP contribution in [0, 0.1) is 17.7 Å². The van der Waals surface area contributed by atoms with Crippen LogP contribution < -0.4 is 5.73 Å². The molecule has 2 N–H and O–H groups in total. The summed E-state index contributed by atoms with van der Waals surface area (Å²) in [6.45, 7) is 7.02. The molecule has 1 aromatic carbocycles. The van der Waals surface area contributed by atoms with Gasteiger partial charge < -0.3 is 5.73 Å². The van der Waals surface area contributed by atoms with Crippen LogP contribution in [0.15, 0.2) is 22.7 Å². The third-order valence-electron chi connectivity index (χ3n) is 4.35. The van der Waals surface area contributed by atoms with Gasteiger partial charge in [0.15, 0.2) is 0 Å². The SMILES string of the molecule is CC1CCN(C(CN)c2ccc(Br)cc2F)CC1C. The molecule has 0 bridgehead atoms. The van der Waals surface area contributed by atoms with Gasteiger partial charge in [-0.1, -0.05) is 35.8 Å². The highest BCUT2D eigenvalue weighted by Gasteiger charge is 2.29. The Morgan fingerprint density at radius 3 is 2.74 bits per heavy atom. The van der Waals surface area contributed by atoms with Gasteiger partial charge in [-0.05, 0) is 36.9 Å². The molecule has 2 rings (SSSR count). The molecule has 0 saturated carbocycles. The van der Waals surface area contributed by atoms with E-state index >= 15 is 0 Å². The van der Waals surface area contributed by atoms with E-state index in [-0.39, 0.29) is 11.9 Å². The van der Waals surface area contributed by atoms with Gasteiger partial charge in [0, 0.05) is 29.2 Å². The number of halogens is 2. The van der Waals surface area contributed by atoms with E-state index in [1.807, 2.05) is 12.1 Å². The van der Waals surface area contributed by atoms with E-state index in [1.54, 1.807) is 0 Å². The van der Waals surface area contributed by atoms with E-state index in [0.29, 0.717) is 18.0 Å². The van der Waals surface area contributed by atoms with Crippen LogP contribution in [0.3, 0.4) is 0 Å². The van der Waals surface area contributed by atoms with Crippen LogP contribution in [0.1, 0.15) is 31.9 Å². The van der Waals surface area contributed by atoms with Crippen LogP contribution in [-0.4, -0.2) is 24.5 Å². The van der Waals surface area contributed by atoms with Gasteiger partial charge >= 0.3 is 0 Å². The van der Waals surface area contributed by atoms with Gasteiger partial charge in [-0.2, -0.15) is 0 Å². The van der Waals surface area contributed by atoms with E-state index in [2.05, 4.69) is 34.7 Å². The number of nitrogens with zero attached hydrogens (tertiary/aromatic N) is 1. The summed E-state index contributed by atoms with van der Waals surface area (Å²) in [7, 11) is 0. The summed E-state index contributed by atoms with van der Waals surface area (Å²) in [5.74, 6) is 1.21. The van der Waals surface area contributed by atoms with Gasteiger partial charge in [0.25, 0.3) is 0 Å². The molecule has 0 amide bonds. The first-order valence-electron chi connectivity index (χ1n) is 6.92. The number of rotatable bonds is 3. The van der Waals surface area contributed by atoms with Crippen LogP contribution in [-0.2, 0) is 0 Å². The minimum absolute atomic E-state index is 0.0111. The molecule has 4 heteroatoms. The Morgan fingerprint density at radius 1 is 1.42 bits per heavy atom. The van der Waals surface area contributed by atoms with Crippen molar-refractivity contribution >= 4 is 15.9 Å². The first-order chi connectivity index (χ1) is 9.02. The van der Waals surface area contributed by atoms with Crippen LogP contribution in [0.2, 0.25) is 0 Å². The fourth-order valence-electron chi connectivity index (χ4n) is 2.82. The lowest BCUT2D eigenvalue weighted by molar-refractivity contribution is 0.0967. The highest BCUT2D eigenvalue weighted by atomic mass is 79.9. The normalized spacial score (nSPS) is 26.4. The Labute approximate surface area is 123 Å². The average Bonchev–Trinajstić information content (AvgIpc) is 2.37. The van der Waals surface area contributed by atoms with Crippen LogP contribution >= 0.6 is 15.9 Å². The molecule has 0 aliphatic carbocycles. The summed E-state index contributed by atoms with van der Waals surface area (Å²) in [5, 5.41) is 0. The molecular formula is C15H22BrFN2. The van der Waals surface area contributed by atoms with Gasteiger partial charge in [-0.3, -0.25) is 4.90 Å². The molecule has 1 aliphatic heterocycles. The number of nitrogens with two attached hydrogens (primary N) is 1. The zero-order valence-corrected chi connectivity index (χ0v) is 13.2. The third-order valence-corrected chi connectivity index (χ3v) is 4.84. The zero-order chi connectivity index (χ0) is 14.0. The second-order valence-corrected chi connectivity index (χ2v) is 6.57. The fourth-order valence-corrected chi connectivity index (χ4v) is 3.16. The van der Waals surface area contributed by atoms with Crippen LogP contribution in [0.25, 0.3) is 0 Å². The van der Waals surface area contributed by atoms with Crippen LogP contribution in [0.5, 0.6) is 0 Å². The Kier molecular flexibility index (Phi) is 4.98. The maximum Gasteiger partial charge on any atom is 0.129 e. The van der Waals surface area contributed by atoms with E-state index in [1.165, 1.54) is 6.07 Å². The molecular weight excluding hydrogens is 307 g/mol. The lowest BCUT2D eigenvalue weighted by atomic mass is 9.87. The minimum atomic E-state index is -0.170. The number of benzene rings is 1. The zero-order valence-electron chi connectivity index (χ0n) is 11.6. The maximum absolute atomic E-state index is 14.1. The highest BCUT2D eigenvalue weighted by Crippen LogP contribution is 2.31. The minimum Gasteiger partial charge on any atom is -0.329 e. The van der Waals surface area contributed by atoms with Crippen LogP contribution in [0.4, 0.5) is 4.39 Å². The van der Waals surface area contributed by atoms with Gasteiger partial charge in [0.1, 0.15) is 5.82 Å². The van der Waals surface area contributed by atoms with Gasteiger partial charge in [-0.15, -0.1) is 0 Å². The lowest BCUT2D eigenvalue weighted by Crippen LogP contribution is -2.43. The molecule has 19 heavy (non-hydrogen) atoms. The summed E-state index contributed by atoms with van der Waals surface area (Å²) in [5.41, 5.74) is 6.62. The van der Waals surface area contributed by atoms with Gasteiger partial charge in [-0.25, -0.2) is 4.39 Å². The monoisotopic (exact) mass is 328 g/mol. The summed E-state index contributed by atoms with van der Waals surface area (Å²) >= 11 is 3.30. The average molecular weight is 329 g/mol. The topological polar surface area (TPSA) is 29.3 Å². The molecule has 2 nitrogen and oxygen atoms in total. The number of hydrogen-bond acceptors (Lipinski definition) is 2. The van der Waals surface area contributed by atoms with E-state index in [9.17, 15) is 4.39 Å². The van der Waals surface area contributed by atoms with Gasteiger partial charge in [0.05, 0.1) is 0 Å². The lowest BCUT2D eigenvalue weighted by Gasteiger charge is -2.40. The number of piperidine rings is 1. The molecule has 1 aromatic rings. The van der Waals surface area contributed by atoms with Crippen molar-refractivity contribution in [3.8, 4) is 0 Å². The second kappa shape index (κ2) is 6.33. The molecule has 1 fully saturated rings. The largest absolute Gasteiger partial charge is 0.329 e. The number of hydrogen-bond donors (Lipinski definition) is 1. The predicted octanol–water partition coefficient (Wildman–Crippen LogP) is 3.57. The van der Waals surface area contributed by atoms with Crippen molar-refractivity contribution in [3.05, 3.63) is 34.1 Å². The maximum atomic E-state index is 14.1. The first kappa shape index (κ1) is 14.9. The molecule has 0 radical (unpaired) electrons. The third kappa shape index (κ3) is 3.36. The number of likely N-dealkylation sites (tertiary alicyclic amines) is 1. The second-order valence-electron chi connectivity index (χ2n) is 5.66. The van der Waals surface area contributed by atoms with Crippen molar-refractivity contribution in [2.45, 2.75) is 26.3 Å². The highest BCUT2D eigenvalue weighted by molar-refractivity contribution is 9.10. The van der Waals surface area contributed by atoms with Crippen molar-refractivity contribution < 1.29 is 4.39 Å². The molecule has 0 spiro atoms. The van der Waals surface area contributed by atoms with Crippen molar-refractivity contribution in [2.24, 2.45) is 17.6 Å². The molecule has 3 unspecified atom stereocenters. The van der Waals surface area contributed by atoms with Crippen molar-refractivity contribution in [2.75, 3.05) is 19.6 Å². The summed E-state index contributed by atoms with van der Waals surface area (Å²) < 4.78 is 14.9. The smallest absolute Gasteiger partial charge is 0.129 e. The van der Waals surface area contributed by atoms with Crippen molar-refractivity contribution in [1.82, 2.24) is 4.90 Å². The fraction of sp³-hybridized carbons (Fsp3) is 0.600. The molecule has 0 aromatic heterocycles. The first-order valence-corrected chi connectivity index (χ1v) is 7.71. The van der Waals surface area contributed by atoms with Gasteiger partial charge in [0.2, 0.25) is 0 Å². The molecule has 1 saturated heterocycles. The van der Waals surface area contributed by atoms with E-state index in [4.69, 9.17) is 5.73 Å². The molecule has 1 aliphatic rings. The van der Waals surface area contributed by atoms with Crippen molar-refractivity contribution in [3.63, 3.8) is 0 Å². The molecule has 3 atom stereocenters. The Morgan fingerprint density at radius 2 is 2.16 bits per heavy atom. The predicted molar refractivity (Wildman–Crippen MR) is 80.4 cm³/mol. The Balaban J connectivity index is 2.20. The van der Waals surface area contributed by atoms with Crippen molar-refractivity contribution in [1.29, 1.82) is 0 Å². The Bertz CT molecular complexity index is 438. The molecule has 106 valence electrons. The summed E-state index contributed by atoms with van der Waals surface area (Å²) in [6.07, 6.45) is 1.16. The summed E-state index contributed by atoms with van der Waals surface area (Å²) in [4.78, 5) is 2.33. The van der Waals surface area contributed by atoms with E-state index < -0.39 is 0 Å². The standard InChI is InChI=1S/C15H22BrFN2/c1-10-5-6-19(9-11(10)2)15(8-18)13-4-3-12(16)7-14(13)17/h3-4,7,10-11,15H,5-6,8-9,18H2,1-2H3. The van der Waals surface area contributed by atoms with E-state index in [0.717, 1.165) is 29.9 Å². The summed E-state index contributed by atoms with van der Waals surface area (Å²) in [6, 6.07) is 5.24. The Hall–Kier alpha value is -0.450.